The Morgan fingerprint density at radius 3 is 3.07 bits per heavy atom. The molecule has 1 aliphatic rings. The summed E-state index contributed by atoms with van der Waals surface area (Å²) in [5.74, 6) is 1.12. The molecule has 1 saturated heterocycles. The van der Waals surface area contributed by atoms with Crippen LogP contribution in [0.2, 0.25) is 0 Å². The van der Waals surface area contributed by atoms with Crippen LogP contribution >= 0.6 is 11.8 Å². The summed E-state index contributed by atoms with van der Waals surface area (Å²) < 4.78 is 0. The average Bonchev–Trinajstić information content (AvgIpc) is 2.69. The minimum absolute atomic E-state index is 0.0486. The molecule has 2 atom stereocenters. The second-order valence-electron chi connectivity index (χ2n) is 3.48. The van der Waals surface area contributed by atoms with Crippen LogP contribution in [0.5, 0.6) is 0 Å². The Bertz CT molecular complexity index is 231. The van der Waals surface area contributed by atoms with E-state index in [9.17, 15) is 4.79 Å². The molecule has 0 spiro atoms. The number of nitriles is 1. The van der Waals surface area contributed by atoms with Gasteiger partial charge in [0.05, 0.1) is 11.3 Å². The van der Waals surface area contributed by atoms with Crippen molar-refractivity contribution in [2.75, 3.05) is 5.75 Å². The zero-order valence-corrected chi connectivity index (χ0v) is 9.27. The van der Waals surface area contributed by atoms with Crippen LogP contribution in [-0.2, 0) is 4.79 Å². The molecule has 2 unspecified atom stereocenters. The van der Waals surface area contributed by atoms with Gasteiger partial charge in [0.1, 0.15) is 6.04 Å². The van der Waals surface area contributed by atoms with E-state index in [2.05, 4.69) is 11.4 Å². The number of nitrogens with one attached hydrogen (secondary N) is 1. The summed E-state index contributed by atoms with van der Waals surface area (Å²) in [5, 5.41) is 11.7. The summed E-state index contributed by atoms with van der Waals surface area (Å²) in [5.41, 5.74) is 0. The highest BCUT2D eigenvalue weighted by Crippen LogP contribution is 2.26. The van der Waals surface area contributed by atoms with E-state index in [0.29, 0.717) is 0 Å². The fourth-order valence-corrected chi connectivity index (χ4v) is 2.68. The number of carbonyl (C=O) groups excluding carboxylic acids is 1. The standard InChI is InChI=1S/C10H16N2OS/c1-2-4-8(7-11)12-10(13)9-5-3-6-14-9/h8-9H,2-6H2,1H3,(H,12,13). The fourth-order valence-electron chi connectivity index (χ4n) is 1.51. The maximum absolute atomic E-state index is 11.6. The number of nitrogens with zero attached hydrogens (tertiary/aromatic N) is 1. The average molecular weight is 212 g/mol. The SMILES string of the molecule is CCCC(C#N)NC(=O)C1CCCS1. The van der Waals surface area contributed by atoms with Gasteiger partial charge in [0, 0.05) is 0 Å². The van der Waals surface area contributed by atoms with E-state index in [4.69, 9.17) is 5.26 Å². The summed E-state index contributed by atoms with van der Waals surface area (Å²) in [6, 6.07) is 1.82. The maximum atomic E-state index is 11.6. The zero-order chi connectivity index (χ0) is 10.4. The van der Waals surface area contributed by atoms with Crippen LogP contribution in [-0.4, -0.2) is 23.0 Å². The van der Waals surface area contributed by atoms with Crippen LogP contribution in [0.3, 0.4) is 0 Å². The van der Waals surface area contributed by atoms with Gasteiger partial charge in [0.25, 0.3) is 0 Å². The predicted molar refractivity (Wildman–Crippen MR) is 57.9 cm³/mol. The minimum atomic E-state index is -0.298. The monoisotopic (exact) mass is 212 g/mol. The van der Waals surface area contributed by atoms with Crippen molar-refractivity contribution < 1.29 is 4.79 Å². The highest BCUT2D eigenvalue weighted by Gasteiger charge is 2.24. The van der Waals surface area contributed by atoms with Crippen molar-refractivity contribution in [1.29, 1.82) is 5.26 Å². The summed E-state index contributed by atoms with van der Waals surface area (Å²) in [6.07, 6.45) is 3.75. The van der Waals surface area contributed by atoms with Gasteiger partial charge >= 0.3 is 0 Å². The molecule has 0 aromatic heterocycles. The maximum Gasteiger partial charge on any atom is 0.234 e. The molecular weight excluding hydrogens is 196 g/mol. The lowest BCUT2D eigenvalue weighted by Gasteiger charge is -2.13. The molecule has 0 aromatic carbocycles. The summed E-state index contributed by atoms with van der Waals surface area (Å²) in [7, 11) is 0. The van der Waals surface area contributed by atoms with Crippen molar-refractivity contribution in [3.8, 4) is 6.07 Å². The lowest BCUT2D eigenvalue weighted by atomic mass is 10.1. The van der Waals surface area contributed by atoms with Crippen LogP contribution in [0.25, 0.3) is 0 Å². The van der Waals surface area contributed by atoms with Gasteiger partial charge in [-0.25, -0.2) is 0 Å². The smallest absolute Gasteiger partial charge is 0.234 e. The topological polar surface area (TPSA) is 52.9 Å². The molecule has 1 fully saturated rings. The Labute approximate surface area is 89.2 Å². The van der Waals surface area contributed by atoms with Crippen molar-refractivity contribution in [1.82, 2.24) is 5.32 Å². The third kappa shape index (κ3) is 3.22. The molecule has 1 N–H and O–H groups in total. The molecule has 0 bridgehead atoms. The Morgan fingerprint density at radius 1 is 1.79 bits per heavy atom. The van der Waals surface area contributed by atoms with E-state index in [-0.39, 0.29) is 17.2 Å². The van der Waals surface area contributed by atoms with Crippen LogP contribution < -0.4 is 5.32 Å². The molecule has 0 radical (unpaired) electrons. The van der Waals surface area contributed by atoms with Crippen molar-refractivity contribution in [2.45, 2.75) is 43.9 Å². The van der Waals surface area contributed by atoms with Gasteiger partial charge in [0.2, 0.25) is 5.91 Å². The second kappa shape index (κ2) is 5.92. The molecule has 0 aromatic rings. The highest BCUT2D eigenvalue weighted by atomic mass is 32.2. The van der Waals surface area contributed by atoms with Gasteiger partial charge in [-0.05, 0) is 25.0 Å². The van der Waals surface area contributed by atoms with Crippen molar-refractivity contribution in [3.05, 3.63) is 0 Å². The third-order valence-corrected chi connectivity index (χ3v) is 3.65. The van der Waals surface area contributed by atoms with Gasteiger partial charge < -0.3 is 5.32 Å². The van der Waals surface area contributed by atoms with Gasteiger partial charge in [-0.1, -0.05) is 13.3 Å². The first-order valence-corrected chi connectivity index (χ1v) is 6.14. The molecule has 3 nitrogen and oxygen atoms in total. The Balaban J connectivity index is 2.34. The molecule has 1 rings (SSSR count). The number of hydrogen-bond acceptors (Lipinski definition) is 3. The summed E-state index contributed by atoms with van der Waals surface area (Å²) >= 11 is 1.70. The molecule has 78 valence electrons. The summed E-state index contributed by atoms with van der Waals surface area (Å²) in [6.45, 7) is 2.01. The molecule has 1 aliphatic heterocycles. The van der Waals surface area contributed by atoms with Crippen LogP contribution in [0.15, 0.2) is 0 Å². The van der Waals surface area contributed by atoms with E-state index in [1.165, 1.54) is 0 Å². The van der Waals surface area contributed by atoms with Gasteiger partial charge in [-0.2, -0.15) is 5.26 Å². The molecule has 0 aliphatic carbocycles. The number of carbonyl (C=O) groups is 1. The number of thioether (sulfide) groups is 1. The van der Waals surface area contributed by atoms with E-state index >= 15 is 0 Å². The van der Waals surface area contributed by atoms with E-state index in [1.54, 1.807) is 11.8 Å². The predicted octanol–water partition coefficient (Wildman–Crippen LogP) is 1.69. The fraction of sp³-hybridized carbons (Fsp3) is 0.800. The lowest BCUT2D eigenvalue weighted by molar-refractivity contribution is -0.121. The number of hydrogen-bond donors (Lipinski definition) is 1. The number of rotatable bonds is 4. The quantitative estimate of drug-likeness (QED) is 0.771. The van der Waals surface area contributed by atoms with Crippen molar-refractivity contribution in [3.63, 3.8) is 0 Å². The highest BCUT2D eigenvalue weighted by molar-refractivity contribution is 8.00. The van der Waals surface area contributed by atoms with Crippen LogP contribution in [0, 0.1) is 11.3 Å². The second-order valence-corrected chi connectivity index (χ2v) is 4.79. The Kier molecular flexibility index (Phi) is 4.81. The van der Waals surface area contributed by atoms with Gasteiger partial charge in [0.15, 0.2) is 0 Å². The van der Waals surface area contributed by atoms with Gasteiger partial charge in [-0.3, -0.25) is 4.79 Å². The van der Waals surface area contributed by atoms with Crippen LogP contribution in [0.4, 0.5) is 0 Å². The Hall–Kier alpha value is -0.690. The molecule has 1 heterocycles. The molecular formula is C10H16N2OS. The molecule has 0 saturated carbocycles. The first-order chi connectivity index (χ1) is 6.77. The molecule has 1 amide bonds. The zero-order valence-electron chi connectivity index (χ0n) is 8.45. The number of amides is 1. The van der Waals surface area contributed by atoms with E-state index in [1.807, 2.05) is 6.92 Å². The normalized spacial score (nSPS) is 22.7. The minimum Gasteiger partial charge on any atom is -0.339 e. The Morgan fingerprint density at radius 2 is 2.57 bits per heavy atom. The first-order valence-electron chi connectivity index (χ1n) is 5.09. The van der Waals surface area contributed by atoms with Crippen molar-refractivity contribution >= 4 is 17.7 Å². The van der Waals surface area contributed by atoms with Gasteiger partial charge in [-0.15, -0.1) is 11.8 Å². The van der Waals surface area contributed by atoms with Crippen LogP contribution in [0.1, 0.15) is 32.6 Å². The van der Waals surface area contributed by atoms with E-state index < -0.39 is 0 Å². The lowest BCUT2D eigenvalue weighted by Crippen LogP contribution is -2.38. The summed E-state index contributed by atoms with van der Waals surface area (Å²) in [4.78, 5) is 11.6. The van der Waals surface area contributed by atoms with Crippen molar-refractivity contribution in [2.24, 2.45) is 0 Å². The molecule has 14 heavy (non-hydrogen) atoms. The largest absolute Gasteiger partial charge is 0.339 e. The third-order valence-electron chi connectivity index (χ3n) is 2.27. The molecule has 4 heteroatoms. The first kappa shape index (κ1) is 11.4. The van der Waals surface area contributed by atoms with E-state index in [0.717, 1.165) is 31.4 Å².